The fourth-order valence-corrected chi connectivity index (χ4v) is 11.3. The average molecular weight is 717 g/mol. The van der Waals surface area contributed by atoms with Gasteiger partial charge in [0, 0.05) is 18.8 Å². The number of Topliss-reactive ketones (excluding diaryl/α,β-unsaturated/α-hetero) is 1. The first-order chi connectivity index (χ1) is 24.4. The molecule has 0 spiro atoms. The Bertz CT molecular complexity index is 1720. The average Bonchev–Trinajstić information content (AvgIpc) is 3.67. The molecule has 52 heavy (non-hydrogen) atoms. The van der Waals surface area contributed by atoms with E-state index in [4.69, 9.17) is 9.15 Å². The Kier molecular flexibility index (Phi) is 10.1. The van der Waals surface area contributed by atoms with E-state index in [1.54, 1.807) is 26.2 Å². The summed E-state index contributed by atoms with van der Waals surface area (Å²) in [6.07, 6.45) is 12.0. The summed E-state index contributed by atoms with van der Waals surface area (Å²) in [5, 5.41) is 21.9. The maximum Gasteiger partial charge on any atom is 0.316 e. The van der Waals surface area contributed by atoms with Crippen LogP contribution in [-0.2, 0) is 19.1 Å². The number of carboxylic acid groups (broad SMARTS) is 1. The number of carbonyl (C=O) groups is 3. The number of pyridine rings is 1. The maximum absolute atomic E-state index is 14.0. The molecule has 0 unspecified atom stereocenters. The lowest BCUT2D eigenvalue weighted by atomic mass is 9.35. The third-order valence-corrected chi connectivity index (χ3v) is 14.8. The van der Waals surface area contributed by atoms with Crippen molar-refractivity contribution < 1.29 is 28.6 Å². The highest BCUT2D eigenvalue weighted by molar-refractivity contribution is 6.02. The SMILES string of the molecule is CC[C@H](CC[C@@]1(C)[C@H](C)CC[C@]2(C)[C@@H]1CC[C@@H]1C3=C(C(C)C)C(=O)C[C@]3(Nc3nnc(-c4cccnc4)o3)CC[C@]12C)OC(=O)CC(C)(C)C(=O)O. The number of ketones is 1. The van der Waals surface area contributed by atoms with Crippen LogP contribution in [0.25, 0.3) is 11.5 Å². The van der Waals surface area contributed by atoms with Crippen molar-refractivity contribution in [1.82, 2.24) is 15.2 Å². The number of carbonyl (C=O) groups excluding carboxylic acids is 2. The van der Waals surface area contributed by atoms with Gasteiger partial charge in [-0.1, -0.05) is 53.6 Å². The second-order valence-corrected chi connectivity index (χ2v) is 18.3. The Morgan fingerprint density at radius 3 is 2.50 bits per heavy atom. The molecule has 6 rings (SSSR count). The van der Waals surface area contributed by atoms with Crippen molar-refractivity contribution in [2.45, 2.75) is 145 Å². The molecule has 2 heterocycles. The normalized spacial score (nSPS) is 33.7. The summed E-state index contributed by atoms with van der Waals surface area (Å²) in [4.78, 5) is 42.7. The number of fused-ring (bicyclic) bond motifs is 5. The van der Waals surface area contributed by atoms with Crippen molar-refractivity contribution in [3.8, 4) is 11.5 Å². The van der Waals surface area contributed by atoms with E-state index in [1.165, 1.54) is 5.57 Å². The lowest BCUT2D eigenvalue weighted by Gasteiger charge is -2.69. The molecule has 10 heteroatoms. The summed E-state index contributed by atoms with van der Waals surface area (Å²) in [6, 6.07) is 4.08. The van der Waals surface area contributed by atoms with Crippen LogP contribution in [0.5, 0.6) is 0 Å². The van der Waals surface area contributed by atoms with Crippen molar-refractivity contribution in [2.75, 3.05) is 5.32 Å². The number of anilines is 1. The van der Waals surface area contributed by atoms with Crippen LogP contribution in [0.3, 0.4) is 0 Å². The summed E-state index contributed by atoms with van der Waals surface area (Å²) in [5.41, 5.74) is 1.38. The number of carboxylic acids is 1. The predicted octanol–water partition coefficient (Wildman–Crippen LogP) is 9.08. The molecule has 0 aliphatic heterocycles. The van der Waals surface area contributed by atoms with Crippen molar-refractivity contribution in [1.29, 1.82) is 0 Å². The highest BCUT2D eigenvalue weighted by Gasteiger charge is 2.67. The number of aromatic nitrogens is 3. The van der Waals surface area contributed by atoms with Gasteiger partial charge in [-0.05, 0) is 135 Å². The minimum absolute atomic E-state index is 0.0165. The van der Waals surface area contributed by atoms with Gasteiger partial charge in [-0.15, -0.1) is 5.10 Å². The van der Waals surface area contributed by atoms with Crippen LogP contribution in [0, 0.1) is 45.3 Å². The summed E-state index contributed by atoms with van der Waals surface area (Å²) >= 11 is 0. The third kappa shape index (κ3) is 6.29. The van der Waals surface area contributed by atoms with Gasteiger partial charge < -0.3 is 19.6 Å². The zero-order valence-corrected chi connectivity index (χ0v) is 32.8. The standard InChI is InChI=1S/C42H60N4O6/c1-10-28(51-32(48)23-38(5,6)36(49)50)16-17-39(7)26(4)15-18-41(9)31(39)14-13-29-34-33(25(2)3)30(47)22-42(34,20-19-40(29,41)8)44-37-46-45-35(52-37)27-12-11-21-43-24-27/h11-12,21,24-26,28-29,31H,10,13-20,22-23H2,1-9H3,(H,44,46)(H,49,50)/t26-,28-,29-,31-,39+,40-,41-,42-/m1/s1. The number of hydrogen-bond acceptors (Lipinski definition) is 9. The predicted molar refractivity (Wildman–Crippen MR) is 199 cm³/mol. The summed E-state index contributed by atoms with van der Waals surface area (Å²) in [6.45, 7) is 19.4. The van der Waals surface area contributed by atoms with Gasteiger partial charge in [-0.25, -0.2) is 0 Å². The molecule has 0 amide bonds. The van der Waals surface area contributed by atoms with Crippen molar-refractivity contribution >= 4 is 23.7 Å². The van der Waals surface area contributed by atoms with E-state index in [-0.39, 0.29) is 46.4 Å². The zero-order valence-electron chi connectivity index (χ0n) is 32.8. The highest BCUT2D eigenvalue weighted by Crippen LogP contribution is 2.73. The van der Waals surface area contributed by atoms with E-state index in [0.29, 0.717) is 36.6 Å². The van der Waals surface area contributed by atoms with Crippen LogP contribution in [0.2, 0.25) is 0 Å². The number of hydrogen-bond donors (Lipinski definition) is 2. The minimum atomic E-state index is -1.16. The lowest BCUT2D eigenvalue weighted by molar-refractivity contribution is -0.183. The zero-order chi connectivity index (χ0) is 37.9. The molecule has 0 bridgehead atoms. The molecule has 10 nitrogen and oxygen atoms in total. The van der Waals surface area contributed by atoms with Gasteiger partial charge in [0.05, 0.1) is 22.9 Å². The molecule has 4 aliphatic carbocycles. The van der Waals surface area contributed by atoms with Crippen LogP contribution < -0.4 is 5.32 Å². The summed E-state index contributed by atoms with van der Waals surface area (Å²) in [7, 11) is 0. The molecule has 0 saturated heterocycles. The molecule has 0 radical (unpaired) electrons. The first-order valence-electron chi connectivity index (χ1n) is 19.6. The lowest BCUT2D eigenvalue weighted by Crippen LogP contribution is -2.63. The summed E-state index contributed by atoms with van der Waals surface area (Å²) in [5.74, 6) is 0.546. The largest absolute Gasteiger partial charge is 0.481 e. The van der Waals surface area contributed by atoms with Crippen molar-refractivity contribution in [2.24, 2.45) is 45.3 Å². The molecule has 3 saturated carbocycles. The van der Waals surface area contributed by atoms with E-state index < -0.39 is 22.9 Å². The van der Waals surface area contributed by atoms with Crippen LogP contribution in [0.1, 0.15) is 133 Å². The first-order valence-corrected chi connectivity index (χ1v) is 19.6. The van der Waals surface area contributed by atoms with Gasteiger partial charge in [-0.3, -0.25) is 19.4 Å². The van der Waals surface area contributed by atoms with Gasteiger partial charge in [0.25, 0.3) is 5.89 Å². The number of aliphatic carboxylic acids is 1. The van der Waals surface area contributed by atoms with Gasteiger partial charge >= 0.3 is 18.0 Å². The molecule has 2 aromatic rings. The Morgan fingerprint density at radius 1 is 1.10 bits per heavy atom. The topological polar surface area (TPSA) is 145 Å². The van der Waals surface area contributed by atoms with E-state index in [2.05, 4.69) is 62.0 Å². The van der Waals surface area contributed by atoms with Gasteiger partial charge in [0.1, 0.15) is 6.10 Å². The fourth-order valence-electron chi connectivity index (χ4n) is 11.3. The van der Waals surface area contributed by atoms with Crippen molar-refractivity contribution in [3.05, 3.63) is 35.7 Å². The molecule has 8 atom stereocenters. The van der Waals surface area contributed by atoms with E-state index >= 15 is 0 Å². The molecule has 4 aliphatic rings. The monoisotopic (exact) mass is 716 g/mol. The number of ether oxygens (including phenoxy) is 1. The first kappa shape index (κ1) is 38.2. The smallest absolute Gasteiger partial charge is 0.316 e. The third-order valence-electron chi connectivity index (χ3n) is 14.8. The molecule has 2 aromatic heterocycles. The minimum Gasteiger partial charge on any atom is -0.481 e. The molecule has 3 fully saturated rings. The number of rotatable bonds is 12. The van der Waals surface area contributed by atoms with Crippen LogP contribution in [-0.4, -0.2) is 49.7 Å². The van der Waals surface area contributed by atoms with Gasteiger partial charge in [0.2, 0.25) is 0 Å². The quantitative estimate of drug-likeness (QED) is 0.204. The highest BCUT2D eigenvalue weighted by atomic mass is 16.5. The van der Waals surface area contributed by atoms with E-state index in [1.807, 2.05) is 19.1 Å². The van der Waals surface area contributed by atoms with Gasteiger partial charge in [0.15, 0.2) is 5.78 Å². The van der Waals surface area contributed by atoms with Crippen LogP contribution >= 0.6 is 0 Å². The van der Waals surface area contributed by atoms with Crippen LogP contribution in [0.15, 0.2) is 40.1 Å². The van der Waals surface area contributed by atoms with Gasteiger partial charge in [-0.2, -0.15) is 0 Å². The number of nitrogens with zero attached hydrogens (tertiary/aromatic N) is 3. The second-order valence-electron chi connectivity index (χ2n) is 18.3. The Morgan fingerprint density at radius 2 is 1.85 bits per heavy atom. The molecule has 284 valence electrons. The molecule has 0 aromatic carbocycles. The maximum atomic E-state index is 14.0. The Labute approximate surface area is 309 Å². The Hall–Kier alpha value is -3.56. The Balaban J connectivity index is 1.27. The fraction of sp³-hybridized carbons (Fsp3) is 0.714. The number of esters is 1. The second kappa shape index (κ2) is 13.7. The molecular formula is C42H60N4O6. The van der Waals surface area contributed by atoms with E-state index in [0.717, 1.165) is 62.5 Å². The van der Waals surface area contributed by atoms with Crippen molar-refractivity contribution in [3.63, 3.8) is 0 Å². The number of allylic oxidation sites excluding steroid dienone is 1. The van der Waals surface area contributed by atoms with E-state index in [9.17, 15) is 19.5 Å². The summed E-state index contributed by atoms with van der Waals surface area (Å²) < 4.78 is 12.1. The molecule has 2 N–H and O–H groups in total. The van der Waals surface area contributed by atoms with Crippen LogP contribution in [0.4, 0.5) is 6.01 Å². The molecular weight excluding hydrogens is 656 g/mol. The number of nitrogens with one attached hydrogen (secondary N) is 1.